The molecule has 108 valence electrons. The number of anilines is 1. The monoisotopic (exact) mass is 302 g/mol. The maximum absolute atomic E-state index is 6.17. The number of benzene rings is 2. The van der Waals surface area contributed by atoms with Crippen LogP contribution >= 0.6 is 11.6 Å². The molecule has 0 spiro atoms. The lowest BCUT2D eigenvalue weighted by molar-refractivity contribution is 0.417. The van der Waals surface area contributed by atoms with E-state index in [1.165, 1.54) is 7.11 Å². The highest BCUT2D eigenvalue weighted by molar-refractivity contribution is 6.32. The Morgan fingerprint density at radius 1 is 1.19 bits per heavy atom. The Morgan fingerprint density at radius 2 is 1.95 bits per heavy atom. The van der Waals surface area contributed by atoms with E-state index in [2.05, 4.69) is 11.1 Å². The third-order valence-electron chi connectivity index (χ3n) is 3.34. The molecule has 0 aliphatic rings. The lowest BCUT2D eigenvalue weighted by Crippen LogP contribution is -1.94. The summed E-state index contributed by atoms with van der Waals surface area (Å²) in [4.78, 5) is 4.52. The molecule has 0 saturated heterocycles. The Balaban J connectivity index is 2.19. The van der Waals surface area contributed by atoms with Gasteiger partial charge in [0.15, 0.2) is 11.3 Å². The largest absolute Gasteiger partial charge is 0.493 e. The molecule has 0 aliphatic heterocycles. The summed E-state index contributed by atoms with van der Waals surface area (Å²) in [6, 6.07) is 7.54. The van der Waals surface area contributed by atoms with Crippen LogP contribution in [-0.4, -0.2) is 12.1 Å². The number of halogens is 1. The highest BCUT2D eigenvalue weighted by Crippen LogP contribution is 2.36. The first-order valence-electron chi connectivity index (χ1n) is 6.50. The third kappa shape index (κ3) is 2.32. The average Bonchev–Trinajstić information content (AvgIpc) is 2.82. The van der Waals surface area contributed by atoms with Gasteiger partial charge in [-0.3, -0.25) is 0 Å². The lowest BCUT2D eigenvalue weighted by atomic mass is 10.1. The molecule has 0 amide bonds. The van der Waals surface area contributed by atoms with E-state index in [0.717, 1.165) is 27.8 Å². The van der Waals surface area contributed by atoms with Crippen LogP contribution in [0.3, 0.4) is 0 Å². The molecule has 0 saturated carbocycles. The number of oxazole rings is 1. The van der Waals surface area contributed by atoms with E-state index >= 15 is 0 Å². The number of aromatic nitrogens is 1. The van der Waals surface area contributed by atoms with Crippen molar-refractivity contribution in [2.75, 3.05) is 12.8 Å². The van der Waals surface area contributed by atoms with Gasteiger partial charge < -0.3 is 14.9 Å². The molecule has 0 radical (unpaired) electrons. The summed E-state index contributed by atoms with van der Waals surface area (Å²) in [5.74, 6) is 0.957. The van der Waals surface area contributed by atoms with Crippen LogP contribution in [0.5, 0.6) is 5.75 Å². The summed E-state index contributed by atoms with van der Waals surface area (Å²) in [6.45, 7) is 4.03. The molecule has 4 nitrogen and oxygen atoms in total. The van der Waals surface area contributed by atoms with Crippen molar-refractivity contribution < 1.29 is 9.15 Å². The van der Waals surface area contributed by atoms with Crippen LogP contribution < -0.4 is 10.5 Å². The molecule has 3 rings (SSSR count). The number of fused-ring (bicyclic) bond motifs is 1. The molecule has 0 atom stereocenters. The Labute approximate surface area is 127 Å². The van der Waals surface area contributed by atoms with Gasteiger partial charge in [-0.1, -0.05) is 17.7 Å². The predicted octanol–water partition coefficient (Wildman–Crippen LogP) is 4.36. The smallest absolute Gasteiger partial charge is 0.227 e. The molecule has 0 fully saturated rings. The molecule has 1 heterocycles. The topological polar surface area (TPSA) is 61.3 Å². The molecule has 1 aromatic heterocycles. The van der Waals surface area contributed by atoms with Gasteiger partial charge in [0.1, 0.15) is 5.52 Å². The van der Waals surface area contributed by atoms with Crippen LogP contribution in [0.25, 0.3) is 22.6 Å². The molecule has 2 N–H and O–H groups in total. The number of hydrogen-bond donors (Lipinski definition) is 1. The molecule has 21 heavy (non-hydrogen) atoms. The first-order valence-corrected chi connectivity index (χ1v) is 6.88. The van der Waals surface area contributed by atoms with Crippen molar-refractivity contribution in [3.8, 4) is 17.2 Å². The van der Waals surface area contributed by atoms with Crippen molar-refractivity contribution in [2.45, 2.75) is 13.8 Å². The Kier molecular flexibility index (Phi) is 3.26. The lowest BCUT2D eigenvalue weighted by Gasteiger charge is -2.07. The van der Waals surface area contributed by atoms with Crippen molar-refractivity contribution >= 4 is 28.4 Å². The quantitative estimate of drug-likeness (QED) is 0.715. The number of nitrogens with zero attached hydrogens (tertiary/aromatic N) is 1. The number of aryl methyl sites for hydroxylation is 2. The van der Waals surface area contributed by atoms with E-state index in [0.29, 0.717) is 22.4 Å². The fourth-order valence-electron chi connectivity index (χ4n) is 2.45. The standard InChI is InChI=1S/C16H15ClN2O2/c1-8-4-9(2)14-13(5-8)19-16(21-14)10-6-11(17)15(20-3)12(18)7-10/h4-7H,18H2,1-3H3. The molecule has 5 heteroatoms. The second-order valence-corrected chi connectivity index (χ2v) is 5.44. The van der Waals surface area contributed by atoms with Gasteiger partial charge >= 0.3 is 0 Å². The minimum Gasteiger partial charge on any atom is -0.493 e. The molecular weight excluding hydrogens is 288 g/mol. The van der Waals surface area contributed by atoms with E-state index in [-0.39, 0.29) is 0 Å². The van der Waals surface area contributed by atoms with Crippen molar-refractivity contribution in [1.82, 2.24) is 4.98 Å². The fourth-order valence-corrected chi connectivity index (χ4v) is 2.76. The van der Waals surface area contributed by atoms with Gasteiger partial charge in [-0.2, -0.15) is 0 Å². The van der Waals surface area contributed by atoms with Gasteiger partial charge in [0, 0.05) is 5.56 Å². The number of hydrogen-bond acceptors (Lipinski definition) is 4. The average molecular weight is 303 g/mol. The zero-order chi connectivity index (χ0) is 15.1. The van der Waals surface area contributed by atoms with Crippen LogP contribution in [0.2, 0.25) is 5.02 Å². The number of rotatable bonds is 2. The van der Waals surface area contributed by atoms with E-state index < -0.39 is 0 Å². The predicted molar refractivity (Wildman–Crippen MR) is 84.9 cm³/mol. The second kappa shape index (κ2) is 4.97. The number of nitrogens with two attached hydrogens (primary N) is 1. The normalized spacial score (nSPS) is 11.0. The van der Waals surface area contributed by atoms with E-state index in [9.17, 15) is 0 Å². The zero-order valence-corrected chi connectivity index (χ0v) is 12.8. The Morgan fingerprint density at radius 3 is 2.62 bits per heavy atom. The van der Waals surface area contributed by atoms with E-state index in [1.54, 1.807) is 12.1 Å². The molecule has 3 aromatic rings. The molecule has 0 aliphatic carbocycles. The zero-order valence-electron chi connectivity index (χ0n) is 12.0. The number of ether oxygens (including phenoxy) is 1. The molecule has 2 aromatic carbocycles. The van der Waals surface area contributed by atoms with Crippen molar-refractivity contribution in [2.24, 2.45) is 0 Å². The minimum absolute atomic E-state index is 0.433. The number of methoxy groups -OCH3 is 1. The SMILES string of the molecule is COc1c(N)cc(-c2nc3cc(C)cc(C)c3o2)cc1Cl. The van der Waals surface area contributed by atoms with Crippen LogP contribution in [0, 0.1) is 13.8 Å². The maximum atomic E-state index is 6.17. The molecule has 0 unspecified atom stereocenters. The second-order valence-electron chi connectivity index (χ2n) is 5.03. The molecule has 0 bridgehead atoms. The van der Waals surface area contributed by atoms with Crippen molar-refractivity contribution in [3.05, 3.63) is 40.4 Å². The maximum Gasteiger partial charge on any atom is 0.227 e. The van der Waals surface area contributed by atoms with E-state index in [1.807, 2.05) is 19.9 Å². The van der Waals surface area contributed by atoms with Crippen LogP contribution in [-0.2, 0) is 0 Å². The summed E-state index contributed by atoms with van der Waals surface area (Å²) in [5, 5.41) is 0.433. The van der Waals surface area contributed by atoms with Crippen molar-refractivity contribution in [3.63, 3.8) is 0 Å². The highest BCUT2D eigenvalue weighted by atomic mass is 35.5. The summed E-state index contributed by atoms with van der Waals surface area (Å²) in [5.41, 5.74) is 10.9. The Bertz CT molecular complexity index is 817. The van der Waals surface area contributed by atoms with Crippen LogP contribution in [0.15, 0.2) is 28.7 Å². The van der Waals surface area contributed by atoms with E-state index in [4.69, 9.17) is 26.5 Å². The van der Waals surface area contributed by atoms with Gasteiger partial charge in [-0.15, -0.1) is 0 Å². The van der Waals surface area contributed by atoms with Crippen LogP contribution in [0.4, 0.5) is 5.69 Å². The minimum atomic E-state index is 0.433. The van der Waals surface area contributed by atoms with Gasteiger partial charge in [0.25, 0.3) is 0 Å². The number of nitrogen functional groups attached to an aromatic ring is 1. The summed E-state index contributed by atoms with van der Waals surface area (Å²) >= 11 is 6.17. The summed E-state index contributed by atoms with van der Waals surface area (Å²) in [6.07, 6.45) is 0. The van der Waals surface area contributed by atoms with Crippen molar-refractivity contribution in [1.29, 1.82) is 0 Å². The summed E-state index contributed by atoms with van der Waals surface area (Å²) < 4.78 is 11.0. The first-order chi connectivity index (χ1) is 9.99. The van der Waals surface area contributed by atoms with Gasteiger partial charge in [0.05, 0.1) is 17.8 Å². The first kappa shape index (κ1) is 13.8. The van der Waals surface area contributed by atoms with Gasteiger partial charge in [-0.05, 0) is 43.2 Å². The molecular formula is C16H15ClN2O2. The summed E-state index contributed by atoms with van der Waals surface area (Å²) in [7, 11) is 1.53. The fraction of sp³-hybridized carbons (Fsp3) is 0.188. The van der Waals surface area contributed by atoms with Gasteiger partial charge in [0.2, 0.25) is 5.89 Å². The Hall–Kier alpha value is -2.20. The van der Waals surface area contributed by atoms with Crippen LogP contribution in [0.1, 0.15) is 11.1 Å². The highest BCUT2D eigenvalue weighted by Gasteiger charge is 2.14. The van der Waals surface area contributed by atoms with Gasteiger partial charge in [-0.25, -0.2) is 4.98 Å². The third-order valence-corrected chi connectivity index (χ3v) is 3.62.